The number of carbonyl (C=O) groups is 2. The molecular weight excluding hydrogens is 568 g/mol. The molecule has 0 aliphatic carbocycles. The Morgan fingerprint density at radius 1 is 0.886 bits per heavy atom. The number of nitrogens with zero attached hydrogens (tertiary/aromatic N) is 3. The Bertz CT molecular complexity index is 1410. The van der Waals surface area contributed by atoms with Gasteiger partial charge in [-0.1, -0.05) is 24.3 Å². The first-order valence-electron chi connectivity index (χ1n) is 14.7. The molecule has 0 saturated carbocycles. The summed E-state index contributed by atoms with van der Waals surface area (Å²) in [6.07, 6.45) is 0. The van der Waals surface area contributed by atoms with Crippen LogP contribution in [0.25, 0.3) is 0 Å². The van der Waals surface area contributed by atoms with Gasteiger partial charge >= 0.3 is 11.9 Å². The molecule has 1 saturated heterocycles. The Balaban J connectivity index is 1.34. The van der Waals surface area contributed by atoms with Crippen LogP contribution in [0, 0.1) is 10.1 Å². The number of hydrogen-bond acceptors (Lipinski definition) is 11. The maximum Gasteiger partial charge on any atom is 0.336 e. The number of non-ortho nitro benzene ring substituents is 1. The van der Waals surface area contributed by atoms with Crippen LogP contribution in [-0.2, 0) is 19.1 Å². The highest BCUT2D eigenvalue weighted by atomic mass is 16.6. The molecule has 1 fully saturated rings. The standard InChI is InChI=1S/C32H40N4O8/c1-5-42-31(37)28-22(2)33-23(3)29(30(28)24-9-8-10-25(21-24)36(39)40)32(38)44-20-18-35-15-13-34(14-16-35)17-19-43-27-12-7-6-11-26(27)41-4/h6-12,21,30,33H,5,13-20H2,1-4H3. The molecule has 44 heavy (non-hydrogen) atoms. The summed E-state index contributed by atoms with van der Waals surface area (Å²) < 4.78 is 22.3. The monoisotopic (exact) mass is 608 g/mol. The van der Waals surface area contributed by atoms with E-state index in [2.05, 4.69) is 15.1 Å². The molecule has 1 unspecified atom stereocenters. The first-order valence-corrected chi connectivity index (χ1v) is 14.7. The summed E-state index contributed by atoms with van der Waals surface area (Å²) in [5.41, 5.74) is 1.76. The third kappa shape index (κ3) is 7.94. The minimum atomic E-state index is -0.885. The van der Waals surface area contributed by atoms with Crippen molar-refractivity contribution in [2.75, 3.05) is 66.2 Å². The van der Waals surface area contributed by atoms with Gasteiger partial charge < -0.3 is 24.3 Å². The van der Waals surface area contributed by atoms with Gasteiger partial charge in [0, 0.05) is 62.8 Å². The van der Waals surface area contributed by atoms with E-state index in [0.29, 0.717) is 35.9 Å². The van der Waals surface area contributed by atoms with E-state index in [4.69, 9.17) is 18.9 Å². The molecule has 1 atom stereocenters. The maximum atomic E-state index is 13.5. The Morgan fingerprint density at radius 3 is 2.07 bits per heavy atom. The predicted molar refractivity (Wildman–Crippen MR) is 163 cm³/mol. The van der Waals surface area contributed by atoms with Crippen LogP contribution in [-0.4, -0.2) is 92.9 Å². The zero-order valence-electron chi connectivity index (χ0n) is 25.7. The van der Waals surface area contributed by atoms with Crippen LogP contribution in [0.3, 0.4) is 0 Å². The molecule has 2 aliphatic heterocycles. The number of dihydropyridines is 1. The van der Waals surface area contributed by atoms with Crippen LogP contribution in [0.15, 0.2) is 71.1 Å². The van der Waals surface area contributed by atoms with Gasteiger partial charge in [-0.2, -0.15) is 0 Å². The smallest absolute Gasteiger partial charge is 0.336 e. The molecule has 0 bridgehead atoms. The SMILES string of the molecule is CCOC(=O)C1=C(C)NC(C)=C(C(=O)OCCN2CCN(CCOc3ccccc3OC)CC2)C1c1cccc([N+](=O)[O-])c1. The topological polar surface area (TPSA) is 133 Å². The number of nitro benzene ring substituents is 1. The molecule has 2 aromatic rings. The molecule has 236 valence electrons. The van der Waals surface area contributed by atoms with Gasteiger partial charge in [-0.3, -0.25) is 19.9 Å². The van der Waals surface area contributed by atoms with Gasteiger partial charge in [0.05, 0.1) is 35.7 Å². The summed E-state index contributed by atoms with van der Waals surface area (Å²) in [5, 5.41) is 14.6. The van der Waals surface area contributed by atoms with E-state index in [-0.39, 0.29) is 30.0 Å². The first-order chi connectivity index (χ1) is 21.2. The van der Waals surface area contributed by atoms with E-state index in [1.54, 1.807) is 33.9 Å². The highest BCUT2D eigenvalue weighted by molar-refractivity contribution is 6.00. The van der Waals surface area contributed by atoms with Crippen LogP contribution in [0.4, 0.5) is 5.69 Å². The summed E-state index contributed by atoms with van der Waals surface area (Å²) in [5.74, 6) is -0.640. The second kappa shape index (κ2) is 15.3. The molecule has 2 aromatic carbocycles. The Hall–Kier alpha value is -4.42. The van der Waals surface area contributed by atoms with E-state index < -0.39 is 22.8 Å². The van der Waals surface area contributed by atoms with E-state index in [1.165, 1.54) is 18.2 Å². The largest absolute Gasteiger partial charge is 0.493 e. The number of esters is 2. The van der Waals surface area contributed by atoms with Crippen molar-refractivity contribution in [2.24, 2.45) is 0 Å². The van der Waals surface area contributed by atoms with Crippen molar-refractivity contribution in [3.63, 3.8) is 0 Å². The van der Waals surface area contributed by atoms with E-state index in [9.17, 15) is 19.7 Å². The second-order valence-electron chi connectivity index (χ2n) is 10.5. The molecule has 1 N–H and O–H groups in total. The number of piperazine rings is 1. The van der Waals surface area contributed by atoms with Gasteiger partial charge in [-0.15, -0.1) is 0 Å². The van der Waals surface area contributed by atoms with Gasteiger partial charge in [0.1, 0.15) is 13.2 Å². The number of nitro groups is 1. The zero-order valence-corrected chi connectivity index (χ0v) is 25.7. The molecular formula is C32H40N4O8. The van der Waals surface area contributed by atoms with Crippen molar-refractivity contribution in [3.8, 4) is 11.5 Å². The lowest BCUT2D eigenvalue weighted by molar-refractivity contribution is -0.384. The number of methoxy groups -OCH3 is 1. The third-order valence-corrected chi connectivity index (χ3v) is 7.73. The Labute approximate surface area is 257 Å². The molecule has 0 amide bonds. The highest BCUT2D eigenvalue weighted by Crippen LogP contribution is 2.40. The molecule has 0 spiro atoms. The number of ether oxygens (including phenoxy) is 4. The van der Waals surface area contributed by atoms with Gasteiger partial charge in [-0.25, -0.2) is 9.59 Å². The van der Waals surface area contributed by atoms with E-state index in [0.717, 1.165) is 38.5 Å². The fourth-order valence-electron chi connectivity index (χ4n) is 5.50. The number of carbonyl (C=O) groups excluding carboxylic acids is 2. The number of hydrogen-bond donors (Lipinski definition) is 1. The summed E-state index contributed by atoms with van der Waals surface area (Å²) in [7, 11) is 1.62. The van der Waals surface area contributed by atoms with E-state index >= 15 is 0 Å². The highest BCUT2D eigenvalue weighted by Gasteiger charge is 2.38. The minimum absolute atomic E-state index is 0.141. The zero-order chi connectivity index (χ0) is 31.6. The molecule has 2 aliphatic rings. The van der Waals surface area contributed by atoms with Crippen molar-refractivity contribution in [3.05, 3.63) is 86.7 Å². The number of benzene rings is 2. The molecule has 12 nitrogen and oxygen atoms in total. The van der Waals surface area contributed by atoms with Crippen molar-refractivity contribution >= 4 is 17.6 Å². The lowest BCUT2D eigenvalue weighted by atomic mass is 9.80. The van der Waals surface area contributed by atoms with Crippen LogP contribution < -0.4 is 14.8 Å². The molecule has 12 heteroatoms. The van der Waals surface area contributed by atoms with Gasteiger partial charge in [0.15, 0.2) is 11.5 Å². The van der Waals surface area contributed by atoms with Crippen LogP contribution in [0.5, 0.6) is 11.5 Å². The number of rotatable bonds is 13. The lowest BCUT2D eigenvalue weighted by Crippen LogP contribution is -2.48. The second-order valence-corrected chi connectivity index (χ2v) is 10.5. The first kappa shape index (κ1) is 32.5. The fraction of sp³-hybridized carbons (Fsp3) is 0.438. The van der Waals surface area contributed by atoms with E-state index in [1.807, 2.05) is 24.3 Å². The van der Waals surface area contributed by atoms with Gasteiger partial charge in [0.25, 0.3) is 5.69 Å². The van der Waals surface area contributed by atoms with Gasteiger partial charge in [0.2, 0.25) is 0 Å². The molecule has 0 aromatic heterocycles. The number of nitrogens with one attached hydrogen (secondary N) is 1. The lowest BCUT2D eigenvalue weighted by Gasteiger charge is -2.34. The van der Waals surface area contributed by atoms with Crippen LogP contribution in [0.1, 0.15) is 32.3 Å². The predicted octanol–water partition coefficient (Wildman–Crippen LogP) is 3.64. The normalized spacial score (nSPS) is 17.6. The molecule has 2 heterocycles. The minimum Gasteiger partial charge on any atom is -0.493 e. The van der Waals surface area contributed by atoms with Crippen LogP contribution in [0.2, 0.25) is 0 Å². The number of allylic oxidation sites excluding steroid dienone is 2. The molecule has 0 radical (unpaired) electrons. The average molecular weight is 609 g/mol. The van der Waals surface area contributed by atoms with Crippen molar-refractivity contribution in [1.82, 2.24) is 15.1 Å². The summed E-state index contributed by atoms with van der Waals surface area (Å²) in [6, 6.07) is 13.5. The maximum absolute atomic E-state index is 13.5. The summed E-state index contributed by atoms with van der Waals surface area (Å²) in [4.78, 5) is 42.2. The quantitative estimate of drug-likeness (QED) is 0.203. The third-order valence-electron chi connectivity index (χ3n) is 7.73. The Morgan fingerprint density at radius 2 is 1.48 bits per heavy atom. The summed E-state index contributed by atoms with van der Waals surface area (Å²) in [6.45, 7) is 10.7. The van der Waals surface area contributed by atoms with Crippen molar-refractivity contribution in [1.29, 1.82) is 0 Å². The number of para-hydroxylation sites is 2. The summed E-state index contributed by atoms with van der Waals surface area (Å²) >= 11 is 0. The van der Waals surface area contributed by atoms with Crippen LogP contribution >= 0.6 is 0 Å². The van der Waals surface area contributed by atoms with Crippen molar-refractivity contribution in [2.45, 2.75) is 26.7 Å². The van der Waals surface area contributed by atoms with Gasteiger partial charge in [-0.05, 0) is 38.5 Å². The average Bonchev–Trinajstić information content (AvgIpc) is 3.01. The fourth-order valence-corrected chi connectivity index (χ4v) is 5.50. The molecule has 4 rings (SSSR count). The van der Waals surface area contributed by atoms with Crippen molar-refractivity contribution < 1.29 is 33.5 Å². The Kier molecular flexibility index (Phi) is 11.3.